The molecular weight excluding hydrogens is 569 g/mol. The summed E-state index contributed by atoms with van der Waals surface area (Å²) in [6.45, 7) is 8.87. The Morgan fingerprint density at radius 1 is 0.875 bits per heavy atom. The first-order valence-electron chi connectivity index (χ1n) is 12.9. The predicted molar refractivity (Wildman–Crippen MR) is 161 cm³/mol. The minimum atomic E-state index is -4.16. The van der Waals surface area contributed by atoms with E-state index in [1.807, 2.05) is 34.6 Å². The van der Waals surface area contributed by atoms with Crippen LogP contribution >= 0.6 is 23.2 Å². The van der Waals surface area contributed by atoms with Crippen LogP contribution in [0.15, 0.2) is 77.7 Å². The van der Waals surface area contributed by atoms with Crippen molar-refractivity contribution in [2.24, 2.45) is 0 Å². The molecule has 0 aliphatic heterocycles. The van der Waals surface area contributed by atoms with Crippen molar-refractivity contribution in [2.45, 2.75) is 64.1 Å². The molecule has 2 amide bonds. The van der Waals surface area contributed by atoms with E-state index in [4.69, 9.17) is 23.2 Å². The summed E-state index contributed by atoms with van der Waals surface area (Å²) in [7, 11) is -4.16. The molecule has 3 aromatic carbocycles. The van der Waals surface area contributed by atoms with E-state index >= 15 is 0 Å². The highest BCUT2D eigenvalue weighted by molar-refractivity contribution is 7.92. The predicted octanol–water partition coefficient (Wildman–Crippen LogP) is 6.22. The third kappa shape index (κ3) is 8.22. The summed E-state index contributed by atoms with van der Waals surface area (Å²) in [6.07, 6.45) is 0.329. The third-order valence-electron chi connectivity index (χ3n) is 6.15. The number of hydrogen-bond acceptors (Lipinski definition) is 4. The lowest BCUT2D eigenvalue weighted by Crippen LogP contribution is -2.55. The molecule has 1 unspecified atom stereocenters. The summed E-state index contributed by atoms with van der Waals surface area (Å²) in [5.74, 6) is -0.844. The van der Waals surface area contributed by atoms with Gasteiger partial charge in [-0.1, -0.05) is 60.0 Å². The molecule has 0 aliphatic carbocycles. The van der Waals surface area contributed by atoms with Crippen molar-refractivity contribution in [3.05, 3.63) is 94.0 Å². The van der Waals surface area contributed by atoms with Gasteiger partial charge in [0.05, 0.1) is 10.6 Å². The molecule has 0 aliphatic rings. The standard InChI is InChI=1S/C30H35Cl2N3O4S/c1-6-27(29(37)33-30(3,4)5)34(19-22-9-11-23(31)12-10-22)28(36)20-35(25-15-7-21(2)8-16-25)40(38,39)26-17-13-24(32)14-18-26/h7-18,27H,6,19-20H2,1-5H3,(H,33,37). The molecule has 0 fully saturated rings. The van der Waals surface area contributed by atoms with E-state index in [1.54, 1.807) is 48.5 Å². The largest absolute Gasteiger partial charge is 0.350 e. The van der Waals surface area contributed by atoms with Gasteiger partial charge in [0, 0.05) is 22.1 Å². The first kappa shape index (κ1) is 31.5. The molecule has 40 heavy (non-hydrogen) atoms. The molecule has 3 aromatic rings. The van der Waals surface area contributed by atoms with Gasteiger partial charge in [-0.05, 0) is 88.2 Å². The van der Waals surface area contributed by atoms with Crippen LogP contribution in [0.4, 0.5) is 5.69 Å². The maximum absolute atomic E-state index is 14.1. The van der Waals surface area contributed by atoms with Gasteiger partial charge in [-0.25, -0.2) is 8.42 Å². The number of halogens is 2. The number of benzene rings is 3. The molecule has 0 saturated carbocycles. The number of carbonyl (C=O) groups excluding carboxylic acids is 2. The number of hydrogen-bond donors (Lipinski definition) is 1. The van der Waals surface area contributed by atoms with Crippen LogP contribution in [0.3, 0.4) is 0 Å². The summed E-state index contributed by atoms with van der Waals surface area (Å²) in [5.41, 5.74) is 1.49. The van der Waals surface area contributed by atoms with Gasteiger partial charge >= 0.3 is 0 Å². The molecule has 0 heterocycles. The van der Waals surface area contributed by atoms with Crippen LogP contribution in [-0.2, 0) is 26.2 Å². The molecule has 0 aromatic heterocycles. The Morgan fingerprint density at radius 2 is 1.40 bits per heavy atom. The second-order valence-corrected chi connectivity index (χ2v) is 13.3. The number of rotatable bonds is 10. The number of anilines is 1. The molecule has 0 saturated heterocycles. The smallest absolute Gasteiger partial charge is 0.264 e. The Balaban J connectivity index is 2.06. The fourth-order valence-electron chi connectivity index (χ4n) is 4.13. The summed E-state index contributed by atoms with van der Waals surface area (Å²) >= 11 is 12.1. The van der Waals surface area contributed by atoms with Gasteiger partial charge in [-0.3, -0.25) is 13.9 Å². The Hall–Kier alpha value is -3.07. The van der Waals surface area contributed by atoms with Crippen molar-refractivity contribution in [3.63, 3.8) is 0 Å². The minimum absolute atomic E-state index is 0.00737. The molecule has 0 spiro atoms. The van der Waals surface area contributed by atoms with E-state index in [9.17, 15) is 18.0 Å². The quantitative estimate of drug-likeness (QED) is 0.298. The maximum Gasteiger partial charge on any atom is 0.264 e. The lowest BCUT2D eigenvalue weighted by Gasteiger charge is -2.34. The number of amides is 2. The molecule has 3 rings (SSSR count). The minimum Gasteiger partial charge on any atom is -0.350 e. The fourth-order valence-corrected chi connectivity index (χ4v) is 5.80. The molecule has 1 N–H and O–H groups in total. The summed E-state index contributed by atoms with van der Waals surface area (Å²) < 4.78 is 28.8. The van der Waals surface area contributed by atoms with Crippen LogP contribution in [0.5, 0.6) is 0 Å². The van der Waals surface area contributed by atoms with Crippen LogP contribution in [0.2, 0.25) is 10.0 Å². The number of nitrogens with zero attached hydrogens (tertiary/aromatic N) is 2. The summed E-state index contributed by atoms with van der Waals surface area (Å²) in [6, 6.07) is 18.8. The highest BCUT2D eigenvalue weighted by Gasteiger charge is 2.34. The molecule has 10 heteroatoms. The van der Waals surface area contributed by atoms with Crippen molar-refractivity contribution < 1.29 is 18.0 Å². The second-order valence-electron chi connectivity index (χ2n) is 10.6. The highest BCUT2D eigenvalue weighted by Crippen LogP contribution is 2.26. The van der Waals surface area contributed by atoms with Gasteiger partial charge in [0.25, 0.3) is 10.0 Å². The van der Waals surface area contributed by atoms with E-state index in [2.05, 4.69) is 5.32 Å². The van der Waals surface area contributed by atoms with Crippen LogP contribution in [0.1, 0.15) is 45.2 Å². The van der Waals surface area contributed by atoms with Crippen LogP contribution < -0.4 is 9.62 Å². The van der Waals surface area contributed by atoms with Gasteiger partial charge in [0.1, 0.15) is 12.6 Å². The fraction of sp³-hybridized carbons (Fsp3) is 0.333. The van der Waals surface area contributed by atoms with Crippen LogP contribution in [0.25, 0.3) is 0 Å². The molecule has 0 radical (unpaired) electrons. The normalized spacial score (nSPS) is 12.5. The monoisotopic (exact) mass is 603 g/mol. The van der Waals surface area contributed by atoms with E-state index < -0.39 is 34.1 Å². The zero-order chi connectivity index (χ0) is 29.7. The SMILES string of the molecule is CCC(C(=O)NC(C)(C)C)N(Cc1ccc(Cl)cc1)C(=O)CN(c1ccc(C)cc1)S(=O)(=O)c1ccc(Cl)cc1. The topological polar surface area (TPSA) is 86.8 Å². The Kier molecular flexibility index (Phi) is 10.3. The zero-order valence-corrected chi connectivity index (χ0v) is 25.6. The lowest BCUT2D eigenvalue weighted by molar-refractivity contribution is -0.141. The van der Waals surface area contributed by atoms with E-state index in [-0.39, 0.29) is 17.3 Å². The van der Waals surface area contributed by atoms with Crippen LogP contribution in [-0.4, -0.2) is 43.3 Å². The second kappa shape index (κ2) is 13.1. The van der Waals surface area contributed by atoms with Crippen molar-refractivity contribution in [1.82, 2.24) is 10.2 Å². The zero-order valence-electron chi connectivity index (χ0n) is 23.3. The third-order valence-corrected chi connectivity index (χ3v) is 8.44. The molecule has 1 atom stereocenters. The van der Waals surface area contributed by atoms with Gasteiger partial charge in [0.15, 0.2) is 0 Å². The molecule has 214 valence electrons. The number of sulfonamides is 1. The Bertz CT molecular complexity index is 1420. The van der Waals surface area contributed by atoms with E-state index in [0.717, 1.165) is 15.4 Å². The van der Waals surface area contributed by atoms with Crippen molar-refractivity contribution >= 4 is 50.7 Å². The first-order valence-corrected chi connectivity index (χ1v) is 15.1. The van der Waals surface area contributed by atoms with Gasteiger partial charge in [0.2, 0.25) is 11.8 Å². The maximum atomic E-state index is 14.1. The number of aryl methyl sites for hydroxylation is 1. The van der Waals surface area contributed by atoms with Crippen LogP contribution in [0, 0.1) is 6.92 Å². The summed E-state index contributed by atoms with van der Waals surface area (Å²) in [5, 5.41) is 3.89. The van der Waals surface area contributed by atoms with Gasteiger partial charge < -0.3 is 10.2 Å². The first-order chi connectivity index (χ1) is 18.7. The number of carbonyl (C=O) groups is 2. The van der Waals surface area contributed by atoms with Crippen molar-refractivity contribution in [3.8, 4) is 0 Å². The molecule has 7 nitrogen and oxygen atoms in total. The molecular formula is C30H35Cl2N3O4S. The van der Waals surface area contributed by atoms with Gasteiger partial charge in [-0.2, -0.15) is 0 Å². The van der Waals surface area contributed by atoms with Crippen molar-refractivity contribution in [2.75, 3.05) is 10.8 Å². The molecule has 0 bridgehead atoms. The van der Waals surface area contributed by atoms with Crippen molar-refractivity contribution in [1.29, 1.82) is 0 Å². The van der Waals surface area contributed by atoms with E-state index in [1.165, 1.54) is 29.2 Å². The Labute approximate surface area is 247 Å². The number of nitrogens with one attached hydrogen (secondary N) is 1. The van der Waals surface area contributed by atoms with E-state index in [0.29, 0.717) is 22.2 Å². The summed E-state index contributed by atoms with van der Waals surface area (Å²) in [4.78, 5) is 28.8. The average Bonchev–Trinajstić information content (AvgIpc) is 2.88. The van der Waals surface area contributed by atoms with Gasteiger partial charge in [-0.15, -0.1) is 0 Å². The average molecular weight is 605 g/mol. The lowest BCUT2D eigenvalue weighted by atomic mass is 10.1. The Morgan fingerprint density at radius 3 is 1.90 bits per heavy atom. The highest BCUT2D eigenvalue weighted by atomic mass is 35.5.